The maximum atomic E-state index is 12.5. The molecule has 1 saturated heterocycles. The standard InChI is InChI=1S/C16H22N2O2/c1-17(16(19)12-18-9-4-5-10-18)14-8-11-20-15-7-3-2-6-13(14)15/h2-3,6-7,14H,4-5,8-12H2,1H3. The zero-order chi connectivity index (χ0) is 13.9. The smallest absolute Gasteiger partial charge is 0.237 e. The number of amides is 1. The van der Waals surface area contributed by atoms with Gasteiger partial charge in [0.15, 0.2) is 0 Å². The minimum absolute atomic E-state index is 0.148. The first-order valence-corrected chi connectivity index (χ1v) is 7.45. The predicted molar refractivity (Wildman–Crippen MR) is 77.7 cm³/mol. The van der Waals surface area contributed by atoms with Crippen molar-refractivity contribution in [2.45, 2.75) is 25.3 Å². The second-order valence-electron chi connectivity index (χ2n) is 5.68. The minimum Gasteiger partial charge on any atom is -0.493 e. The van der Waals surface area contributed by atoms with E-state index in [1.807, 2.05) is 30.1 Å². The lowest BCUT2D eigenvalue weighted by molar-refractivity contribution is -0.133. The van der Waals surface area contributed by atoms with Gasteiger partial charge < -0.3 is 9.64 Å². The van der Waals surface area contributed by atoms with Crippen LogP contribution in [-0.4, -0.2) is 49.0 Å². The fourth-order valence-corrected chi connectivity index (χ4v) is 3.14. The molecule has 0 aliphatic carbocycles. The molecule has 1 unspecified atom stereocenters. The van der Waals surface area contributed by atoms with Gasteiger partial charge in [-0.2, -0.15) is 0 Å². The zero-order valence-corrected chi connectivity index (χ0v) is 12.0. The van der Waals surface area contributed by atoms with Crippen molar-refractivity contribution in [3.63, 3.8) is 0 Å². The highest BCUT2D eigenvalue weighted by Gasteiger charge is 2.28. The second kappa shape index (κ2) is 5.83. The molecule has 3 rings (SSSR count). The summed E-state index contributed by atoms with van der Waals surface area (Å²) in [5.74, 6) is 1.14. The number of nitrogens with zero attached hydrogens (tertiary/aromatic N) is 2. The van der Waals surface area contributed by atoms with E-state index >= 15 is 0 Å². The molecule has 1 amide bonds. The number of rotatable bonds is 3. The normalized spacial score (nSPS) is 22.1. The molecule has 2 aliphatic rings. The quantitative estimate of drug-likeness (QED) is 0.846. The molecule has 1 aromatic carbocycles. The second-order valence-corrected chi connectivity index (χ2v) is 5.68. The first-order chi connectivity index (χ1) is 9.75. The first-order valence-electron chi connectivity index (χ1n) is 7.45. The summed E-state index contributed by atoms with van der Waals surface area (Å²) in [6.45, 7) is 3.35. The van der Waals surface area contributed by atoms with Crippen LogP contribution >= 0.6 is 0 Å². The van der Waals surface area contributed by atoms with Crippen LogP contribution in [0.1, 0.15) is 30.9 Å². The highest BCUT2D eigenvalue weighted by molar-refractivity contribution is 5.78. The van der Waals surface area contributed by atoms with E-state index in [-0.39, 0.29) is 11.9 Å². The van der Waals surface area contributed by atoms with Gasteiger partial charge in [-0.25, -0.2) is 0 Å². The Kier molecular flexibility index (Phi) is 3.92. The van der Waals surface area contributed by atoms with Crippen LogP contribution in [-0.2, 0) is 4.79 Å². The number of hydrogen-bond acceptors (Lipinski definition) is 3. The molecule has 1 fully saturated rings. The molecule has 0 spiro atoms. The number of para-hydroxylation sites is 1. The summed E-state index contributed by atoms with van der Waals surface area (Å²) in [4.78, 5) is 16.6. The number of likely N-dealkylation sites (tertiary alicyclic amines) is 1. The third-order valence-electron chi connectivity index (χ3n) is 4.35. The third-order valence-corrected chi connectivity index (χ3v) is 4.35. The van der Waals surface area contributed by atoms with Gasteiger partial charge in [-0.05, 0) is 32.0 Å². The lowest BCUT2D eigenvalue weighted by Gasteiger charge is -2.34. The van der Waals surface area contributed by atoms with Crippen molar-refractivity contribution < 1.29 is 9.53 Å². The number of hydrogen-bond donors (Lipinski definition) is 0. The molecular weight excluding hydrogens is 252 g/mol. The van der Waals surface area contributed by atoms with Crippen molar-refractivity contribution in [1.82, 2.24) is 9.80 Å². The largest absolute Gasteiger partial charge is 0.493 e. The number of likely N-dealkylation sites (N-methyl/N-ethyl adjacent to an activating group) is 1. The topological polar surface area (TPSA) is 32.8 Å². The maximum Gasteiger partial charge on any atom is 0.237 e. The van der Waals surface area contributed by atoms with E-state index in [2.05, 4.69) is 11.0 Å². The molecule has 0 bridgehead atoms. The van der Waals surface area contributed by atoms with Gasteiger partial charge in [-0.3, -0.25) is 9.69 Å². The van der Waals surface area contributed by atoms with Crippen molar-refractivity contribution >= 4 is 5.91 Å². The van der Waals surface area contributed by atoms with Crippen LogP contribution in [0.15, 0.2) is 24.3 Å². The molecule has 2 heterocycles. The van der Waals surface area contributed by atoms with Crippen molar-refractivity contribution in [3.05, 3.63) is 29.8 Å². The zero-order valence-electron chi connectivity index (χ0n) is 12.0. The molecule has 0 N–H and O–H groups in total. The molecule has 0 saturated carbocycles. The predicted octanol–water partition coefficient (Wildman–Crippen LogP) is 2.06. The Labute approximate surface area is 120 Å². The van der Waals surface area contributed by atoms with Gasteiger partial charge >= 0.3 is 0 Å². The fraction of sp³-hybridized carbons (Fsp3) is 0.562. The Morgan fingerprint density at radius 1 is 1.35 bits per heavy atom. The van der Waals surface area contributed by atoms with Gasteiger partial charge in [0.1, 0.15) is 5.75 Å². The average Bonchev–Trinajstić information content (AvgIpc) is 2.99. The van der Waals surface area contributed by atoms with Crippen LogP contribution in [0.3, 0.4) is 0 Å². The third kappa shape index (κ3) is 2.66. The van der Waals surface area contributed by atoms with E-state index in [0.717, 1.165) is 30.8 Å². The summed E-state index contributed by atoms with van der Waals surface area (Å²) in [7, 11) is 1.92. The number of carbonyl (C=O) groups is 1. The van der Waals surface area contributed by atoms with Gasteiger partial charge in [0, 0.05) is 19.0 Å². The Hall–Kier alpha value is -1.55. The van der Waals surface area contributed by atoms with E-state index in [9.17, 15) is 4.79 Å². The monoisotopic (exact) mass is 274 g/mol. The molecule has 0 aromatic heterocycles. The summed E-state index contributed by atoms with van der Waals surface area (Å²) in [5, 5.41) is 0. The van der Waals surface area contributed by atoms with E-state index in [1.54, 1.807) is 0 Å². The lowest BCUT2D eigenvalue weighted by atomic mass is 9.99. The molecule has 1 atom stereocenters. The van der Waals surface area contributed by atoms with Crippen LogP contribution < -0.4 is 4.74 Å². The Bertz CT molecular complexity index is 483. The van der Waals surface area contributed by atoms with Crippen molar-refractivity contribution in [2.75, 3.05) is 33.3 Å². The van der Waals surface area contributed by atoms with Crippen LogP contribution in [0.2, 0.25) is 0 Å². The summed E-state index contributed by atoms with van der Waals surface area (Å²) < 4.78 is 5.67. The van der Waals surface area contributed by atoms with E-state index in [4.69, 9.17) is 4.74 Å². The summed E-state index contributed by atoms with van der Waals surface area (Å²) in [5.41, 5.74) is 1.14. The maximum absolute atomic E-state index is 12.5. The Balaban J connectivity index is 1.70. The molecule has 1 aromatic rings. The van der Waals surface area contributed by atoms with Gasteiger partial charge in [0.05, 0.1) is 19.2 Å². The Morgan fingerprint density at radius 3 is 2.90 bits per heavy atom. The SMILES string of the molecule is CN(C(=O)CN1CCCC1)C1CCOc2ccccc21. The van der Waals surface area contributed by atoms with Crippen LogP contribution in [0.5, 0.6) is 5.75 Å². The number of ether oxygens (including phenoxy) is 1. The fourth-order valence-electron chi connectivity index (χ4n) is 3.14. The van der Waals surface area contributed by atoms with Crippen LogP contribution in [0.4, 0.5) is 0 Å². The molecule has 2 aliphatic heterocycles. The Morgan fingerprint density at radius 2 is 2.10 bits per heavy atom. The van der Waals surface area contributed by atoms with Gasteiger partial charge in [0.2, 0.25) is 5.91 Å². The molecule has 108 valence electrons. The number of benzene rings is 1. The molecule has 4 heteroatoms. The molecule has 20 heavy (non-hydrogen) atoms. The molecule has 4 nitrogen and oxygen atoms in total. The average molecular weight is 274 g/mol. The summed E-state index contributed by atoms with van der Waals surface area (Å²) in [6.07, 6.45) is 3.31. The summed E-state index contributed by atoms with van der Waals surface area (Å²) in [6, 6.07) is 8.20. The highest BCUT2D eigenvalue weighted by Crippen LogP contribution is 2.35. The molecular formula is C16H22N2O2. The van der Waals surface area contributed by atoms with E-state index in [0.29, 0.717) is 13.2 Å². The summed E-state index contributed by atoms with van der Waals surface area (Å²) >= 11 is 0. The van der Waals surface area contributed by atoms with Crippen molar-refractivity contribution in [1.29, 1.82) is 0 Å². The number of fused-ring (bicyclic) bond motifs is 1. The van der Waals surface area contributed by atoms with Crippen LogP contribution in [0, 0.1) is 0 Å². The highest BCUT2D eigenvalue weighted by atomic mass is 16.5. The van der Waals surface area contributed by atoms with E-state index in [1.165, 1.54) is 12.8 Å². The first kappa shape index (κ1) is 13.4. The molecule has 0 radical (unpaired) electrons. The minimum atomic E-state index is 0.148. The van der Waals surface area contributed by atoms with Gasteiger partial charge in [-0.1, -0.05) is 18.2 Å². The lowest BCUT2D eigenvalue weighted by Crippen LogP contribution is -2.40. The van der Waals surface area contributed by atoms with Gasteiger partial charge in [0.25, 0.3) is 0 Å². The van der Waals surface area contributed by atoms with Gasteiger partial charge in [-0.15, -0.1) is 0 Å². The van der Waals surface area contributed by atoms with Crippen molar-refractivity contribution in [2.24, 2.45) is 0 Å². The van der Waals surface area contributed by atoms with E-state index < -0.39 is 0 Å². The van der Waals surface area contributed by atoms with Crippen LogP contribution in [0.25, 0.3) is 0 Å². The number of carbonyl (C=O) groups excluding carboxylic acids is 1. The van der Waals surface area contributed by atoms with Crippen molar-refractivity contribution in [3.8, 4) is 5.75 Å².